The predicted octanol–water partition coefficient (Wildman–Crippen LogP) is 0.0804. The maximum absolute atomic E-state index is 11.4. The van der Waals surface area contributed by atoms with E-state index in [0.29, 0.717) is 17.1 Å². The molecule has 15 heavy (non-hydrogen) atoms. The summed E-state index contributed by atoms with van der Waals surface area (Å²) in [5.74, 6) is -0.355. The fourth-order valence-corrected chi connectivity index (χ4v) is 1.53. The Balaban J connectivity index is 2.35. The summed E-state index contributed by atoms with van der Waals surface area (Å²) in [5.41, 5.74) is 0.539. The quantitative estimate of drug-likeness (QED) is 0.669. The van der Waals surface area contributed by atoms with Crippen LogP contribution >= 0.6 is 11.6 Å². The summed E-state index contributed by atoms with van der Waals surface area (Å²) in [6.45, 7) is 2.11. The maximum atomic E-state index is 11.4. The van der Waals surface area contributed by atoms with E-state index >= 15 is 0 Å². The first-order valence-electron chi connectivity index (χ1n) is 4.58. The number of rotatable bonds is 2. The van der Waals surface area contributed by atoms with Gasteiger partial charge in [-0.25, -0.2) is 14.8 Å². The number of fused-ring (bicyclic) bond motifs is 1. The van der Waals surface area contributed by atoms with Crippen molar-refractivity contribution in [1.82, 2.24) is 4.98 Å². The van der Waals surface area contributed by atoms with Crippen LogP contribution in [0.3, 0.4) is 0 Å². The lowest BCUT2D eigenvalue weighted by atomic mass is 10.3. The molecule has 0 spiro atoms. The number of carbonyl (C=O) groups is 1. The lowest BCUT2D eigenvalue weighted by Crippen LogP contribution is -2.24. The summed E-state index contributed by atoms with van der Waals surface area (Å²) in [6, 6.07) is 1.15. The largest absolute Gasteiger partial charge is 0.464 e. The van der Waals surface area contributed by atoms with Crippen LogP contribution in [0.25, 0.3) is 6.08 Å². The molecular formula is C10H9ClN2O2. The molecule has 0 radical (unpaired) electrons. The lowest BCUT2D eigenvalue weighted by molar-refractivity contribution is -0.142. The third-order valence-electron chi connectivity index (χ3n) is 1.99. The first kappa shape index (κ1) is 10.1. The molecule has 2 heterocycles. The van der Waals surface area contributed by atoms with Gasteiger partial charge < -0.3 is 4.74 Å². The van der Waals surface area contributed by atoms with Gasteiger partial charge in [-0.05, 0) is 19.1 Å². The molecule has 4 nitrogen and oxygen atoms in total. The first-order chi connectivity index (χ1) is 7.20. The Kier molecular flexibility index (Phi) is 2.68. The van der Waals surface area contributed by atoms with Crippen molar-refractivity contribution >= 4 is 23.6 Å². The van der Waals surface area contributed by atoms with Crippen LogP contribution in [0.15, 0.2) is 17.3 Å². The molecule has 0 N–H and O–H groups in total. The summed E-state index contributed by atoms with van der Waals surface area (Å²) in [7, 11) is 0. The van der Waals surface area contributed by atoms with Crippen molar-refractivity contribution < 1.29 is 9.53 Å². The standard InChI is InChI=1S/C10H9ClN2O2/c1-2-15-10(14)8-4-6-3-7(11)5-12-9(6)13-8/h3-5,8H,2H2,1H3/t8-/m0/s1. The molecule has 78 valence electrons. The number of carbonyl (C=O) groups excluding carboxylic acids is 1. The van der Waals surface area contributed by atoms with Gasteiger partial charge in [0.2, 0.25) is 0 Å². The normalized spacial score (nSPS) is 17.6. The zero-order valence-electron chi connectivity index (χ0n) is 8.11. The number of nitrogens with zero attached hydrogens (tertiary/aromatic N) is 2. The topological polar surface area (TPSA) is 51.5 Å². The van der Waals surface area contributed by atoms with Crippen molar-refractivity contribution in [2.45, 2.75) is 13.0 Å². The van der Waals surface area contributed by atoms with Crippen molar-refractivity contribution in [3.8, 4) is 0 Å². The number of pyridine rings is 1. The van der Waals surface area contributed by atoms with Crippen molar-refractivity contribution in [3.05, 3.63) is 28.0 Å². The number of hydrogen-bond donors (Lipinski definition) is 0. The van der Waals surface area contributed by atoms with E-state index in [9.17, 15) is 4.79 Å². The Morgan fingerprint density at radius 2 is 2.47 bits per heavy atom. The van der Waals surface area contributed by atoms with E-state index in [4.69, 9.17) is 16.3 Å². The lowest BCUT2D eigenvalue weighted by Gasteiger charge is -2.02. The van der Waals surface area contributed by atoms with Crippen LogP contribution < -0.4 is 10.7 Å². The maximum Gasteiger partial charge on any atom is 0.334 e. The van der Waals surface area contributed by atoms with E-state index in [1.54, 1.807) is 19.1 Å². The third-order valence-corrected chi connectivity index (χ3v) is 2.20. The van der Waals surface area contributed by atoms with Gasteiger partial charge in [0.05, 0.1) is 11.6 Å². The SMILES string of the molecule is CCOC(=O)[C@@H]1C=c2cc(Cl)cnc2=N1. The minimum Gasteiger partial charge on any atom is -0.464 e. The van der Waals surface area contributed by atoms with Crippen molar-refractivity contribution in [2.24, 2.45) is 4.99 Å². The van der Waals surface area contributed by atoms with Gasteiger partial charge >= 0.3 is 5.97 Å². The highest BCUT2D eigenvalue weighted by atomic mass is 35.5. The third kappa shape index (κ3) is 1.99. The molecule has 1 atom stereocenters. The number of halogens is 1. The van der Waals surface area contributed by atoms with Gasteiger partial charge in [0, 0.05) is 11.4 Å². The Morgan fingerprint density at radius 1 is 1.67 bits per heavy atom. The van der Waals surface area contributed by atoms with Gasteiger partial charge in [-0.1, -0.05) is 11.6 Å². The second-order valence-electron chi connectivity index (χ2n) is 3.06. The average Bonchev–Trinajstić information content (AvgIpc) is 2.60. The second-order valence-corrected chi connectivity index (χ2v) is 3.50. The summed E-state index contributed by atoms with van der Waals surface area (Å²) >= 11 is 5.77. The van der Waals surface area contributed by atoms with E-state index in [1.807, 2.05) is 0 Å². The van der Waals surface area contributed by atoms with Crippen LogP contribution in [0, 0.1) is 0 Å². The molecule has 1 aromatic heterocycles. The van der Waals surface area contributed by atoms with E-state index < -0.39 is 6.04 Å². The molecule has 0 bridgehead atoms. The van der Waals surface area contributed by atoms with E-state index in [0.717, 1.165) is 5.22 Å². The first-order valence-corrected chi connectivity index (χ1v) is 4.96. The molecule has 0 amide bonds. The van der Waals surface area contributed by atoms with E-state index in [2.05, 4.69) is 9.98 Å². The van der Waals surface area contributed by atoms with Crippen LogP contribution in [0.1, 0.15) is 6.92 Å². The highest BCUT2D eigenvalue weighted by molar-refractivity contribution is 6.30. The molecule has 0 fully saturated rings. The molecule has 1 aromatic rings. The minimum absolute atomic E-state index is 0.350. The fraction of sp³-hybridized carbons (Fsp3) is 0.300. The van der Waals surface area contributed by atoms with Gasteiger partial charge in [-0.2, -0.15) is 0 Å². The Bertz CT molecular complexity index is 513. The van der Waals surface area contributed by atoms with Crippen LogP contribution in [-0.4, -0.2) is 23.6 Å². The van der Waals surface area contributed by atoms with Crippen LogP contribution in [0.2, 0.25) is 5.02 Å². The summed E-state index contributed by atoms with van der Waals surface area (Å²) in [6.07, 6.45) is 3.21. The van der Waals surface area contributed by atoms with Crippen molar-refractivity contribution in [2.75, 3.05) is 6.61 Å². The minimum atomic E-state index is -0.578. The zero-order valence-corrected chi connectivity index (χ0v) is 8.86. The fourth-order valence-electron chi connectivity index (χ4n) is 1.37. The molecule has 0 aliphatic carbocycles. The predicted molar refractivity (Wildman–Crippen MR) is 54.9 cm³/mol. The summed E-state index contributed by atoms with van der Waals surface area (Å²) in [4.78, 5) is 19.5. The van der Waals surface area contributed by atoms with Crippen LogP contribution in [-0.2, 0) is 9.53 Å². The molecule has 0 aromatic carbocycles. The highest BCUT2D eigenvalue weighted by Crippen LogP contribution is 2.02. The molecule has 0 saturated heterocycles. The van der Waals surface area contributed by atoms with Crippen LogP contribution in [0.5, 0.6) is 0 Å². The molecule has 1 aliphatic heterocycles. The van der Waals surface area contributed by atoms with Crippen LogP contribution in [0.4, 0.5) is 0 Å². The Morgan fingerprint density at radius 3 is 3.20 bits per heavy atom. The molecule has 0 saturated carbocycles. The molecule has 5 heteroatoms. The van der Waals surface area contributed by atoms with Gasteiger partial charge in [-0.3, -0.25) is 0 Å². The van der Waals surface area contributed by atoms with Crippen molar-refractivity contribution in [1.29, 1.82) is 0 Å². The number of ether oxygens (including phenoxy) is 1. The monoisotopic (exact) mass is 224 g/mol. The zero-order chi connectivity index (χ0) is 10.8. The Hall–Kier alpha value is -1.42. The molecule has 2 rings (SSSR count). The van der Waals surface area contributed by atoms with Gasteiger partial charge in [0.1, 0.15) is 0 Å². The Labute approximate surface area is 91.3 Å². The smallest absolute Gasteiger partial charge is 0.334 e. The molecule has 0 unspecified atom stereocenters. The number of hydrogen-bond acceptors (Lipinski definition) is 4. The summed E-state index contributed by atoms with van der Waals surface area (Å²) < 4.78 is 4.86. The average molecular weight is 225 g/mol. The summed E-state index contributed by atoms with van der Waals surface area (Å²) in [5, 5.41) is 1.31. The van der Waals surface area contributed by atoms with Gasteiger partial charge in [0.15, 0.2) is 11.5 Å². The van der Waals surface area contributed by atoms with E-state index in [1.165, 1.54) is 6.20 Å². The second kappa shape index (κ2) is 3.98. The van der Waals surface area contributed by atoms with E-state index in [-0.39, 0.29) is 5.97 Å². The van der Waals surface area contributed by atoms with Gasteiger partial charge in [0.25, 0.3) is 0 Å². The molecular weight excluding hydrogens is 216 g/mol. The molecule has 1 aliphatic rings. The number of aromatic nitrogens is 1. The van der Waals surface area contributed by atoms with Crippen molar-refractivity contribution in [3.63, 3.8) is 0 Å². The highest BCUT2D eigenvalue weighted by Gasteiger charge is 2.19. The van der Waals surface area contributed by atoms with Gasteiger partial charge in [-0.15, -0.1) is 0 Å². The number of esters is 1.